The van der Waals surface area contributed by atoms with Crippen molar-refractivity contribution in [2.75, 3.05) is 33.2 Å². The molecule has 0 spiro atoms. The van der Waals surface area contributed by atoms with Gasteiger partial charge in [-0.3, -0.25) is 0 Å². The van der Waals surface area contributed by atoms with Crippen LogP contribution >= 0.6 is 0 Å². The molecule has 0 saturated heterocycles. The second-order valence-electron chi connectivity index (χ2n) is 4.58. The maximum absolute atomic E-state index is 9.68. The Morgan fingerprint density at radius 3 is 1.89 bits per heavy atom. The summed E-state index contributed by atoms with van der Waals surface area (Å²) in [7, 11) is 4.69. The molecule has 0 saturated carbocycles. The maximum Gasteiger partial charge on any atom is 0.203 e. The Balaban J connectivity index is 3.00. The van der Waals surface area contributed by atoms with Crippen molar-refractivity contribution in [2.24, 2.45) is 0 Å². The molecule has 0 atom stereocenters. The molecule has 2 N–H and O–H groups in total. The second-order valence-corrected chi connectivity index (χ2v) is 4.58. The van der Waals surface area contributed by atoms with Crippen molar-refractivity contribution in [1.82, 2.24) is 0 Å². The van der Waals surface area contributed by atoms with Crippen LogP contribution in [-0.2, 0) is 0 Å². The number of hydrogen-bond donors (Lipinski definition) is 2. The van der Waals surface area contributed by atoms with Crippen LogP contribution in [0.3, 0.4) is 0 Å². The zero-order valence-electron chi connectivity index (χ0n) is 11.5. The summed E-state index contributed by atoms with van der Waals surface area (Å²) in [6.07, 6.45) is 0. The van der Waals surface area contributed by atoms with Crippen molar-refractivity contribution in [2.45, 2.75) is 19.4 Å². The molecule has 1 aromatic carbocycles. The van der Waals surface area contributed by atoms with Gasteiger partial charge in [-0.25, -0.2) is 0 Å². The average molecular weight is 255 g/mol. The average Bonchev–Trinajstić information content (AvgIpc) is 2.33. The van der Waals surface area contributed by atoms with Crippen LogP contribution in [0.2, 0.25) is 0 Å². The summed E-state index contributed by atoms with van der Waals surface area (Å²) < 4.78 is 15.7. The molecular formula is C13H21NO4. The molecule has 0 fully saturated rings. The number of ether oxygens (including phenoxy) is 3. The van der Waals surface area contributed by atoms with E-state index in [-0.39, 0.29) is 0 Å². The van der Waals surface area contributed by atoms with E-state index in [1.165, 1.54) is 0 Å². The zero-order valence-corrected chi connectivity index (χ0v) is 11.5. The summed E-state index contributed by atoms with van der Waals surface area (Å²) in [5, 5.41) is 12.8. The van der Waals surface area contributed by atoms with Crippen molar-refractivity contribution < 1.29 is 19.3 Å². The number of aliphatic hydroxyl groups is 1. The van der Waals surface area contributed by atoms with E-state index in [0.717, 1.165) is 5.69 Å². The first-order chi connectivity index (χ1) is 8.41. The molecule has 0 aliphatic heterocycles. The number of benzene rings is 1. The van der Waals surface area contributed by atoms with Crippen molar-refractivity contribution in [3.05, 3.63) is 12.1 Å². The predicted octanol–water partition coefficient (Wildman–Crippen LogP) is 1.90. The topological polar surface area (TPSA) is 60.0 Å². The van der Waals surface area contributed by atoms with E-state index < -0.39 is 5.60 Å². The molecule has 0 radical (unpaired) electrons. The lowest BCUT2D eigenvalue weighted by molar-refractivity contribution is 0.0945. The first kappa shape index (κ1) is 14.4. The Morgan fingerprint density at radius 1 is 1.06 bits per heavy atom. The molecule has 0 amide bonds. The van der Waals surface area contributed by atoms with Crippen LogP contribution in [0.15, 0.2) is 12.1 Å². The molecule has 0 bridgehead atoms. The largest absolute Gasteiger partial charge is 0.493 e. The highest BCUT2D eigenvalue weighted by Crippen LogP contribution is 2.39. The van der Waals surface area contributed by atoms with Crippen LogP contribution in [0.25, 0.3) is 0 Å². The van der Waals surface area contributed by atoms with Crippen LogP contribution < -0.4 is 19.5 Å². The van der Waals surface area contributed by atoms with E-state index in [1.807, 2.05) is 0 Å². The van der Waals surface area contributed by atoms with Crippen LogP contribution in [0, 0.1) is 0 Å². The fourth-order valence-corrected chi connectivity index (χ4v) is 1.50. The zero-order chi connectivity index (χ0) is 13.8. The molecule has 1 aromatic rings. The highest BCUT2D eigenvalue weighted by Gasteiger charge is 2.15. The lowest BCUT2D eigenvalue weighted by Gasteiger charge is -2.20. The van der Waals surface area contributed by atoms with Gasteiger partial charge in [0.05, 0.1) is 26.9 Å². The number of anilines is 1. The SMILES string of the molecule is COc1cc(NCC(C)(C)O)cc(OC)c1OC. The molecule has 0 unspecified atom stereocenters. The summed E-state index contributed by atoms with van der Waals surface area (Å²) in [6, 6.07) is 3.60. The smallest absolute Gasteiger partial charge is 0.203 e. The standard InChI is InChI=1S/C13H21NO4/c1-13(2,15)8-14-9-6-10(16-3)12(18-5)11(7-9)17-4/h6-7,14-15H,8H2,1-5H3. The van der Waals surface area contributed by atoms with E-state index in [4.69, 9.17) is 14.2 Å². The number of hydrogen-bond acceptors (Lipinski definition) is 5. The van der Waals surface area contributed by atoms with E-state index in [1.54, 1.807) is 47.3 Å². The summed E-state index contributed by atoms with van der Waals surface area (Å²) >= 11 is 0. The van der Waals surface area contributed by atoms with Crippen LogP contribution in [-0.4, -0.2) is 38.6 Å². The number of rotatable bonds is 6. The van der Waals surface area contributed by atoms with Gasteiger partial charge in [0.15, 0.2) is 11.5 Å². The minimum Gasteiger partial charge on any atom is -0.493 e. The van der Waals surface area contributed by atoms with Crippen LogP contribution in [0.4, 0.5) is 5.69 Å². The third kappa shape index (κ3) is 3.70. The molecule has 0 aliphatic rings. The lowest BCUT2D eigenvalue weighted by atomic mass is 10.1. The lowest BCUT2D eigenvalue weighted by Crippen LogP contribution is -2.29. The van der Waals surface area contributed by atoms with E-state index >= 15 is 0 Å². The van der Waals surface area contributed by atoms with Gasteiger partial charge in [-0.15, -0.1) is 0 Å². The predicted molar refractivity (Wildman–Crippen MR) is 70.9 cm³/mol. The van der Waals surface area contributed by atoms with E-state index in [0.29, 0.717) is 23.8 Å². The summed E-state index contributed by atoms with van der Waals surface area (Å²) in [6.45, 7) is 3.89. The van der Waals surface area contributed by atoms with Gasteiger partial charge in [0, 0.05) is 24.4 Å². The Hall–Kier alpha value is -1.62. The van der Waals surface area contributed by atoms with Crippen molar-refractivity contribution >= 4 is 5.69 Å². The maximum atomic E-state index is 9.68. The monoisotopic (exact) mass is 255 g/mol. The quantitative estimate of drug-likeness (QED) is 0.813. The van der Waals surface area contributed by atoms with Gasteiger partial charge in [-0.05, 0) is 13.8 Å². The molecular weight excluding hydrogens is 234 g/mol. The molecule has 18 heavy (non-hydrogen) atoms. The highest BCUT2D eigenvalue weighted by atomic mass is 16.5. The molecule has 0 aromatic heterocycles. The Bertz CT molecular complexity index is 373. The van der Waals surface area contributed by atoms with Crippen LogP contribution in [0.5, 0.6) is 17.2 Å². The number of methoxy groups -OCH3 is 3. The third-order valence-corrected chi connectivity index (χ3v) is 2.39. The minimum absolute atomic E-state index is 0.422. The summed E-state index contributed by atoms with van der Waals surface area (Å²) in [4.78, 5) is 0. The van der Waals surface area contributed by atoms with Crippen molar-refractivity contribution in [3.63, 3.8) is 0 Å². The van der Waals surface area contributed by atoms with Crippen molar-refractivity contribution in [1.29, 1.82) is 0 Å². The highest BCUT2D eigenvalue weighted by molar-refractivity contribution is 5.62. The molecule has 5 heteroatoms. The molecule has 0 aliphatic carbocycles. The second kappa shape index (κ2) is 5.82. The summed E-state index contributed by atoms with van der Waals surface area (Å²) in [5.41, 5.74) is 0.00653. The van der Waals surface area contributed by atoms with Crippen molar-refractivity contribution in [3.8, 4) is 17.2 Å². The van der Waals surface area contributed by atoms with Gasteiger partial charge in [-0.1, -0.05) is 0 Å². The first-order valence-corrected chi connectivity index (χ1v) is 5.67. The molecule has 5 nitrogen and oxygen atoms in total. The molecule has 0 heterocycles. The first-order valence-electron chi connectivity index (χ1n) is 5.67. The van der Waals surface area contributed by atoms with Gasteiger partial charge in [0.2, 0.25) is 5.75 Å². The van der Waals surface area contributed by atoms with Gasteiger partial charge in [0.25, 0.3) is 0 Å². The fourth-order valence-electron chi connectivity index (χ4n) is 1.50. The molecule has 102 valence electrons. The van der Waals surface area contributed by atoms with Gasteiger partial charge < -0.3 is 24.6 Å². The van der Waals surface area contributed by atoms with Crippen LogP contribution in [0.1, 0.15) is 13.8 Å². The van der Waals surface area contributed by atoms with E-state index in [9.17, 15) is 5.11 Å². The van der Waals surface area contributed by atoms with Gasteiger partial charge in [-0.2, -0.15) is 0 Å². The minimum atomic E-state index is -0.791. The Morgan fingerprint density at radius 2 is 1.56 bits per heavy atom. The summed E-state index contributed by atoms with van der Waals surface area (Å²) in [5.74, 6) is 1.71. The fraction of sp³-hybridized carbons (Fsp3) is 0.538. The van der Waals surface area contributed by atoms with Gasteiger partial charge in [0.1, 0.15) is 0 Å². The molecule has 1 rings (SSSR count). The Kier molecular flexibility index (Phi) is 4.67. The van der Waals surface area contributed by atoms with E-state index in [2.05, 4.69) is 5.32 Å². The Labute approximate surface area is 108 Å². The normalized spacial score (nSPS) is 11.0. The number of nitrogens with one attached hydrogen (secondary N) is 1. The third-order valence-electron chi connectivity index (χ3n) is 2.39. The van der Waals surface area contributed by atoms with Gasteiger partial charge >= 0.3 is 0 Å².